The van der Waals surface area contributed by atoms with Crippen LogP contribution >= 0.6 is 0 Å². The van der Waals surface area contributed by atoms with E-state index in [0.29, 0.717) is 5.41 Å². The number of rotatable bonds is 9. The number of likely N-dealkylation sites (N-methyl/N-ethyl adjacent to an activating group) is 1. The molecule has 0 aromatic heterocycles. The average Bonchev–Trinajstić information content (AvgIpc) is 2.23. The van der Waals surface area contributed by atoms with E-state index < -0.39 is 0 Å². The van der Waals surface area contributed by atoms with E-state index in [1.165, 1.54) is 12.8 Å². The van der Waals surface area contributed by atoms with Crippen LogP contribution in [0.15, 0.2) is 0 Å². The van der Waals surface area contributed by atoms with Crippen molar-refractivity contribution >= 4 is 0 Å². The molecule has 0 aliphatic heterocycles. The Morgan fingerprint density at radius 2 is 1.93 bits per heavy atom. The second-order valence-electron chi connectivity index (χ2n) is 4.90. The van der Waals surface area contributed by atoms with Gasteiger partial charge < -0.3 is 15.4 Å². The highest BCUT2D eigenvalue weighted by molar-refractivity contribution is 4.70. The van der Waals surface area contributed by atoms with Crippen LogP contribution in [0.3, 0.4) is 0 Å². The van der Waals surface area contributed by atoms with Crippen LogP contribution in [0.4, 0.5) is 0 Å². The van der Waals surface area contributed by atoms with Crippen LogP contribution in [0, 0.1) is 5.41 Å². The summed E-state index contributed by atoms with van der Waals surface area (Å²) < 4.78 is 5.08. The lowest BCUT2D eigenvalue weighted by Crippen LogP contribution is -2.30. The van der Waals surface area contributed by atoms with E-state index in [1.54, 1.807) is 7.11 Å². The molecule has 0 amide bonds. The lowest BCUT2D eigenvalue weighted by Gasteiger charge is -2.25. The Bertz CT molecular complexity index is 149. The van der Waals surface area contributed by atoms with E-state index in [0.717, 1.165) is 32.8 Å². The SMILES string of the molecule is CCN(CCCC(C)(C)CN)CCOC. The molecular weight excluding hydrogens is 188 g/mol. The zero-order valence-corrected chi connectivity index (χ0v) is 10.9. The van der Waals surface area contributed by atoms with Crippen molar-refractivity contribution in [3.8, 4) is 0 Å². The van der Waals surface area contributed by atoms with Crippen molar-refractivity contribution in [2.75, 3.05) is 39.9 Å². The van der Waals surface area contributed by atoms with Crippen molar-refractivity contribution in [2.45, 2.75) is 33.6 Å². The van der Waals surface area contributed by atoms with Gasteiger partial charge in [0.25, 0.3) is 0 Å². The molecule has 0 radical (unpaired) electrons. The number of nitrogens with two attached hydrogens (primary N) is 1. The van der Waals surface area contributed by atoms with E-state index in [-0.39, 0.29) is 0 Å². The molecule has 0 saturated heterocycles. The predicted molar refractivity (Wildman–Crippen MR) is 66.1 cm³/mol. The zero-order valence-electron chi connectivity index (χ0n) is 10.9. The first-order valence-electron chi connectivity index (χ1n) is 5.97. The van der Waals surface area contributed by atoms with Crippen molar-refractivity contribution < 1.29 is 4.74 Å². The largest absolute Gasteiger partial charge is 0.383 e. The summed E-state index contributed by atoms with van der Waals surface area (Å²) in [5, 5.41) is 0. The summed E-state index contributed by atoms with van der Waals surface area (Å²) >= 11 is 0. The third-order valence-electron chi connectivity index (χ3n) is 2.94. The number of nitrogens with zero attached hydrogens (tertiary/aromatic N) is 1. The maximum absolute atomic E-state index is 5.70. The molecule has 0 aliphatic rings. The van der Waals surface area contributed by atoms with Crippen LogP contribution in [-0.2, 0) is 4.74 Å². The Morgan fingerprint density at radius 3 is 2.40 bits per heavy atom. The van der Waals surface area contributed by atoms with Gasteiger partial charge >= 0.3 is 0 Å². The maximum atomic E-state index is 5.70. The highest BCUT2D eigenvalue weighted by Gasteiger charge is 2.15. The predicted octanol–water partition coefficient (Wildman–Crippen LogP) is 1.72. The summed E-state index contributed by atoms with van der Waals surface area (Å²) in [6.07, 6.45) is 2.43. The minimum atomic E-state index is 0.292. The van der Waals surface area contributed by atoms with Gasteiger partial charge in [-0.1, -0.05) is 20.8 Å². The molecule has 0 aromatic carbocycles. The summed E-state index contributed by atoms with van der Waals surface area (Å²) in [5.74, 6) is 0. The van der Waals surface area contributed by atoms with E-state index >= 15 is 0 Å². The molecule has 0 aliphatic carbocycles. The Morgan fingerprint density at radius 1 is 1.27 bits per heavy atom. The van der Waals surface area contributed by atoms with Crippen molar-refractivity contribution in [2.24, 2.45) is 11.1 Å². The molecule has 0 fully saturated rings. The first-order chi connectivity index (χ1) is 7.05. The Hall–Kier alpha value is -0.120. The molecule has 3 nitrogen and oxygen atoms in total. The van der Waals surface area contributed by atoms with Crippen molar-refractivity contribution in [3.63, 3.8) is 0 Å². The molecule has 0 aromatic rings. The third kappa shape index (κ3) is 7.77. The van der Waals surface area contributed by atoms with Crippen molar-refractivity contribution in [3.05, 3.63) is 0 Å². The summed E-state index contributed by atoms with van der Waals surface area (Å²) in [6.45, 7) is 11.6. The second-order valence-corrected chi connectivity index (χ2v) is 4.90. The molecule has 0 saturated carbocycles. The molecule has 92 valence electrons. The van der Waals surface area contributed by atoms with Gasteiger partial charge in [-0.2, -0.15) is 0 Å². The van der Waals surface area contributed by atoms with Crippen LogP contribution in [0.2, 0.25) is 0 Å². The minimum absolute atomic E-state index is 0.292. The second kappa shape index (κ2) is 8.08. The molecule has 0 atom stereocenters. The Labute approximate surface area is 95.0 Å². The van der Waals surface area contributed by atoms with Gasteiger partial charge in [0.15, 0.2) is 0 Å². The van der Waals surface area contributed by atoms with Gasteiger partial charge in [0.1, 0.15) is 0 Å². The van der Waals surface area contributed by atoms with E-state index in [1.807, 2.05) is 0 Å². The fourth-order valence-corrected chi connectivity index (χ4v) is 1.53. The molecule has 0 unspecified atom stereocenters. The van der Waals surface area contributed by atoms with Crippen LogP contribution in [-0.4, -0.2) is 44.8 Å². The molecule has 2 N–H and O–H groups in total. The Kier molecular flexibility index (Phi) is 8.02. The van der Waals surface area contributed by atoms with Gasteiger partial charge in [0, 0.05) is 13.7 Å². The average molecular weight is 216 g/mol. The number of hydrogen-bond acceptors (Lipinski definition) is 3. The molecule has 3 heteroatoms. The first kappa shape index (κ1) is 14.9. The van der Waals surface area contributed by atoms with Gasteiger partial charge in [-0.3, -0.25) is 0 Å². The fraction of sp³-hybridized carbons (Fsp3) is 1.00. The lowest BCUT2D eigenvalue weighted by atomic mass is 9.88. The summed E-state index contributed by atoms with van der Waals surface area (Å²) in [7, 11) is 1.76. The van der Waals surface area contributed by atoms with Crippen LogP contribution in [0.5, 0.6) is 0 Å². The van der Waals surface area contributed by atoms with Gasteiger partial charge in [0.2, 0.25) is 0 Å². The van der Waals surface area contributed by atoms with Crippen LogP contribution in [0.1, 0.15) is 33.6 Å². The summed E-state index contributed by atoms with van der Waals surface area (Å²) in [4.78, 5) is 2.43. The van der Waals surface area contributed by atoms with Gasteiger partial charge in [-0.25, -0.2) is 0 Å². The molecule has 0 bridgehead atoms. The quantitative estimate of drug-likeness (QED) is 0.638. The lowest BCUT2D eigenvalue weighted by molar-refractivity contribution is 0.147. The smallest absolute Gasteiger partial charge is 0.0589 e. The van der Waals surface area contributed by atoms with Crippen molar-refractivity contribution in [1.29, 1.82) is 0 Å². The van der Waals surface area contributed by atoms with E-state index in [4.69, 9.17) is 10.5 Å². The monoisotopic (exact) mass is 216 g/mol. The highest BCUT2D eigenvalue weighted by atomic mass is 16.5. The third-order valence-corrected chi connectivity index (χ3v) is 2.94. The summed E-state index contributed by atoms with van der Waals surface area (Å²) in [6, 6.07) is 0. The number of methoxy groups -OCH3 is 1. The molecule has 0 heterocycles. The Balaban J connectivity index is 3.62. The van der Waals surface area contributed by atoms with Crippen LogP contribution in [0.25, 0.3) is 0 Å². The van der Waals surface area contributed by atoms with Gasteiger partial charge in [0.05, 0.1) is 6.61 Å². The van der Waals surface area contributed by atoms with Crippen LogP contribution < -0.4 is 5.73 Å². The van der Waals surface area contributed by atoms with E-state index in [2.05, 4.69) is 25.7 Å². The van der Waals surface area contributed by atoms with E-state index in [9.17, 15) is 0 Å². The van der Waals surface area contributed by atoms with Gasteiger partial charge in [-0.05, 0) is 37.9 Å². The molecular formula is C12H28N2O. The molecule has 0 spiro atoms. The minimum Gasteiger partial charge on any atom is -0.383 e. The van der Waals surface area contributed by atoms with Crippen molar-refractivity contribution in [1.82, 2.24) is 4.90 Å². The zero-order chi connectivity index (χ0) is 11.7. The number of ether oxygens (including phenoxy) is 1. The first-order valence-corrected chi connectivity index (χ1v) is 5.97. The number of hydrogen-bond donors (Lipinski definition) is 1. The summed E-state index contributed by atoms with van der Waals surface area (Å²) in [5.41, 5.74) is 5.99. The normalized spacial score (nSPS) is 12.4. The standard InChI is InChI=1S/C12H28N2O/c1-5-14(9-10-15-4)8-6-7-12(2,3)11-13/h5-11,13H2,1-4H3. The topological polar surface area (TPSA) is 38.5 Å². The fourth-order valence-electron chi connectivity index (χ4n) is 1.53. The maximum Gasteiger partial charge on any atom is 0.0589 e. The molecule has 15 heavy (non-hydrogen) atoms. The van der Waals surface area contributed by atoms with Gasteiger partial charge in [-0.15, -0.1) is 0 Å². The highest BCUT2D eigenvalue weighted by Crippen LogP contribution is 2.20. The molecule has 0 rings (SSSR count).